The minimum atomic E-state index is 0. The SMILES string of the molecule is [C-]1=CCCC1.[C-]1=CCCC1.[Cl-].[Cl-].[Zr+4]. The van der Waals surface area contributed by atoms with E-state index in [-0.39, 0.29) is 51.0 Å². The fourth-order valence-corrected chi connectivity index (χ4v) is 1.02. The Hall–Kier alpha value is 0.943. The molecule has 0 heterocycles. The van der Waals surface area contributed by atoms with Crippen LogP contribution < -0.4 is 24.8 Å². The molecule has 0 aromatic carbocycles. The number of hydrogen-bond acceptors (Lipinski definition) is 0. The molecule has 0 fully saturated rings. The van der Waals surface area contributed by atoms with Gasteiger partial charge in [-0.15, -0.1) is 0 Å². The van der Waals surface area contributed by atoms with Crippen LogP contribution in [0.15, 0.2) is 12.2 Å². The molecule has 0 saturated carbocycles. The average molecular weight is 296 g/mol. The van der Waals surface area contributed by atoms with Crippen molar-refractivity contribution in [2.45, 2.75) is 38.5 Å². The second-order valence-electron chi connectivity index (χ2n) is 2.60. The zero-order valence-electron chi connectivity index (χ0n) is 7.65. The number of hydrogen-bond donors (Lipinski definition) is 0. The molecule has 0 aromatic heterocycles. The van der Waals surface area contributed by atoms with Crippen molar-refractivity contribution in [1.29, 1.82) is 0 Å². The normalized spacial score (nSPS) is 16.0. The van der Waals surface area contributed by atoms with Gasteiger partial charge in [0.2, 0.25) is 0 Å². The van der Waals surface area contributed by atoms with E-state index in [0.717, 1.165) is 0 Å². The van der Waals surface area contributed by atoms with E-state index in [4.69, 9.17) is 0 Å². The predicted octanol–water partition coefficient (Wildman–Crippen LogP) is -2.94. The minimum absolute atomic E-state index is 0. The topological polar surface area (TPSA) is 0 Å². The zero-order valence-corrected chi connectivity index (χ0v) is 11.6. The summed E-state index contributed by atoms with van der Waals surface area (Å²) in [5.41, 5.74) is 0. The molecule has 0 bridgehead atoms. The molecular weight excluding hydrogens is 282 g/mol. The van der Waals surface area contributed by atoms with Gasteiger partial charge < -0.3 is 37.0 Å². The molecule has 2 rings (SSSR count). The quantitative estimate of drug-likeness (QED) is 0.420. The third kappa shape index (κ3) is 12.9. The molecule has 0 N–H and O–H groups in total. The number of halogens is 2. The summed E-state index contributed by atoms with van der Waals surface area (Å²) in [5, 5.41) is 0. The van der Waals surface area contributed by atoms with Crippen molar-refractivity contribution < 1.29 is 51.0 Å². The van der Waals surface area contributed by atoms with Crippen LogP contribution in [0.4, 0.5) is 0 Å². The van der Waals surface area contributed by atoms with E-state index in [1.807, 2.05) is 0 Å². The predicted molar refractivity (Wildman–Crippen MR) is 43.3 cm³/mol. The van der Waals surface area contributed by atoms with Crippen molar-refractivity contribution in [1.82, 2.24) is 0 Å². The fourth-order valence-electron chi connectivity index (χ4n) is 1.02. The molecule has 0 radical (unpaired) electrons. The Bertz CT molecular complexity index is 105. The van der Waals surface area contributed by atoms with E-state index in [9.17, 15) is 0 Å². The van der Waals surface area contributed by atoms with Gasteiger partial charge in [0, 0.05) is 0 Å². The molecule has 2 aliphatic rings. The van der Waals surface area contributed by atoms with Gasteiger partial charge >= 0.3 is 26.2 Å². The Balaban J connectivity index is -0.000000125. The number of allylic oxidation sites excluding steroid dienone is 4. The molecule has 0 saturated heterocycles. The van der Waals surface area contributed by atoms with Crippen LogP contribution in [0.2, 0.25) is 0 Å². The smallest absolute Gasteiger partial charge is 1.00 e. The van der Waals surface area contributed by atoms with E-state index in [2.05, 4.69) is 24.3 Å². The first-order chi connectivity index (χ1) is 5.00. The summed E-state index contributed by atoms with van der Waals surface area (Å²) in [6.45, 7) is 0. The molecule has 0 aromatic rings. The Labute approximate surface area is 113 Å². The Morgan fingerprint density at radius 2 is 1.15 bits per heavy atom. The Morgan fingerprint density at radius 3 is 1.23 bits per heavy atom. The molecule has 0 atom stereocenters. The van der Waals surface area contributed by atoms with Gasteiger partial charge in [0.25, 0.3) is 0 Å². The summed E-state index contributed by atoms with van der Waals surface area (Å²) in [4.78, 5) is 0. The summed E-state index contributed by atoms with van der Waals surface area (Å²) < 4.78 is 0. The molecule has 0 aliphatic heterocycles. The molecule has 13 heavy (non-hydrogen) atoms. The largest absolute Gasteiger partial charge is 4.00 e. The summed E-state index contributed by atoms with van der Waals surface area (Å²) in [7, 11) is 0. The van der Waals surface area contributed by atoms with Crippen LogP contribution in [-0.2, 0) is 26.2 Å². The molecule has 3 heteroatoms. The fraction of sp³-hybridized carbons (Fsp3) is 0.600. The molecular formula is C10H14Cl2Zr. The molecule has 0 spiro atoms. The summed E-state index contributed by atoms with van der Waals surface area (Å²) in [5.74, 6) is 0. The van der Waals surface area contributed by atoms with Gasteiger partial charge in [-0.2, -0.15) is 12.8 Å². The van der Waals surface area contributed by atoms with Crippen molar-refractivity contribution in [2.75, 3.05) is 0 Å². The summed E-state index contributed by atoms with van der Waals surface area (Å²) in [6.07, 6.45) is 18.0. The van der Waals surface area contributed by atoms with Crippen LogP contribution in [0.1, 0.15) is 38.5 Å². The van der Waals surface area contributed by atoms with Crippen LogP contribution >= 0.6 is 0 Å². The molecule has 0 amide bonds. The van der Waals surface area contributed by atoms with Crippen LogP contribution in [0.5, 0.6) is 0 Å². The van der Waals surface area contributed by atoms with E-state index in [1.165, 1.54) is 38.5 Å². The van der Waals surface area contributed by atoms with Crippen molar-refractivity contribution in [3.63, 3.8) is 0 Å². The van der Waals surface area contributed by atoms with E-state index in [1.54, 1.807) is 0 Å². The van der Waals surface area contributed by atoms with Crippen molar-refractivity contribution in [3.05, 3.63) is 24.3 Å². The monoisotopic (exact) mass is 294 g/mol. The average Bonchev–Trinajstić information content (AvgIpc) is 2.67. The standard InChI is InChI=1S/2C5H7.2ClH.Zr/c2*1-2-4-5-3-1;;;/h2*1H,2,4-5H2;2*1H;/q2*-1;;;+4/p-2. The molecule has 2 aliphatic carbocycles. The Kier molecular flexibility index (Phi) is 23.1. The van der Waals surface area contributed by atoms with Crippen LogP contribution in [0.25, 0.3) is 0 Å². The van der Waals surface area contributed by atoms with Crippen LogP contribution in [-0.4, -0.2) is 0 Å². The van der Waals surface area contributed by atoms with Crippen molar-refractivity contribution in [2.24, 2.45) is 0 Å². The number of rotatable bonds is 0. The molecule has 72 valence electrons. The first-order valence-corrected chi connectivity index (χ1v) is 4.10. The van der Waals surface area contributed by atoms with Gasteiger partial charge in [0.15, 0.2) is 0 Å². The maximum absolute atomic E-state index is 3.10. The van der Waals surface area contributed by atoms with Crippen molar-refractivity contribution >= 4 is 0 Å². The van der Waals surface area contributed by atoms with Gasteiger partial charge in [-0.25, -0.2) is 0 Å². The third-order valence-corrected chi connectivity index (χ3v) is 1.63. The van der Waals surface area contributed by atoms with E-state index in [0.29, 0.717) is 0 Å². The minimum Gasteiger partial charge on any atom is -1.00 e. The maximum atomic E-state index is 3.10. The van der Waals surface area contributed by atoms with Crippen LogP contribution in [0, 0.1) is 12.2 Å². The van der Waals surface area contributed by atoms with Crippen molar-refractivity contribution in [3.8, 4) is 0 Å². The van der Waals surface area contributed by atoms with Gasteiger partial charge in [-0.1, -0.05) is 25.7 Å². The van der Waals surface area contributed by atoms with Gasteiger partial charge in [-0.05, 0) is 0 Å². The second-order valence-corrected chi connectivity index (χ2v) is 2.60. The van der Waals surface area contributed by atoms with E-state index >= 15 is 0 Å². The van der Waals surface area contributed by atoms with Gasteiger partial charge in [0.05, 0.1) is 0 Å². The van der Waals surface area contributed by atoms with Gasteiger partial charge in [0.1, 0.15) is 0 Å². The summed E-state index contributed by atoms with van der Waals surface area (Å²) >= 11 is 0. The van der Waals surface area contributed by atoms with Gasteiger partial charge in [-0.3, -0.25) is 12.2 Å². The summed E-state index contributed by atoms with van der Waals surface area (Å²) in [6, 6.07) is 0. The third-order valence-electron chi connectivity index (χ3n) is 1.63. The molecule has 0 unspecified atom stereocenters. The van der Waals surface area contributed by atoms with Crippen LogP contribution in [0.3, 0.4) is 0 Å². The Morgan fingerprint density at radius 1 is 0.769 bits per heavy atom. The van der Waals surface area contributed by atoms with E-state index < -0.39 is 0 Å². The zero-order chi connectivity index (χ0) is 7.07. The second kappa shape index (κ2) is 15.4. The first-order valence-electron chi connectivity index (χ1n) is 4.10. The maximum Gasteiger partial charge on any atom is 4.00 e. The first kappa shape index (κ1) is 19.5. The molecule has 0 nitrogen and oxygen atoms in total.